The Balaban J connectivity index is 2.66. The number of aryl methyl sites for hydroxylation is 1. The number of hydrogen-bond acceptors (Lipinski definition) is 4. The van der Waals surface area contributed by atoms with Crippen molar-refractivity contribution in [1.29, 1.82) is 0 Å². The quantitative estimate of drug-likeness (QED) is 0.508. The van der Waals surface area contributed by atoms with Gasteiger partial charge in [-0.3, -0.25) is 4.79 Å². The van der Waals surface area contributed by atoms with Gasteiger partial charge in [0.1, 0.15) is 0 Å². The van der Waals surface area contributed by atoms with Crippen LogP contribution < -0.4 is 15.8 Å². The summed E-state index contributed by atoms with van der Waals surface area (Å²) >= 11 is 0. The number of carbonyl (C=O) groups is 1. The number of nitrogens with two attached hydrogens (primary N) is 1. The van der Waals surface area contributed by atoms with Crippen LogP contribution in [-0.4, -0.2) is 40.2 Å². The first kappa shape index (κ1) is 17.2. The lowest BCUT2D eigenvalue weighted by atomic mass is 10.0. The number of sulfonamides is 1. The fourth-order valence-electron chi connectivity index (χ4n) is 1.56. The number of benzene rings is 1. The van der Waals surface area contributed by atoms with Crippen molar-refractivity contribution in [3.05, 3.63) is 34.9 Å². The molecule has 0 aromatic heterocycles. The van der Waals surface area contributed by atoms with Gasteiger partial charge in [-0.05, 0) is 24.6 Å². The first-order chi connectivity index (χ1) is 9.83. The molecule has 0 heterocycles. The third-order valence-electron chi connectivity index (χ3n) is 2.60. The SMILES string of the molecule is Cc1ccc(C(=O)NCCNS(C)(=O)=O)cc1C#CCN. The van der Waals surface area contributed by atoms with Crippen molar-refractivity contribution >= 4 is 15.9 Å². The number of amides is 1. The predicted octanol–water partition coefficient (Wildman–Crippen LogP) is -0.416. The Kier molecular flexibility index (Phi) is 6.37. The fraction of sp³-hybridized carbons (Fsp3) is 0.357. The van der Waals surface area contributed by atoms with Crippen molar-refractivity contribution in [2.24, 2.45) is 5.73 Å². The third kappa shape index (κ3) is 6.40. The molecule has 0 atom stereocenters. The largest absolute Gasteiger partial charge is 0.351 e. The zero-order valence-electron chi connectivity index (χ0n) is 12.1. The lowest BCUT2D eigenvalue weighted by Gasteiger charge is -2.07. The molecule has 0 aliphatic carbocycles. The van der Waals surface area contributed by atoms with Crippen molar-refractivity contribution in [2.75, 3.05) is 25.9 Å². The fourth-order valence-corrected chi connectivity index (χ4v) is 2.03. The van der Waals surface area contributed by atoms with E-state index in [0.717, 1.165) is 17.4 Å². The highest BCUT2D eigenvalue weighted by molar-refractivity contribution is 7.88. The summed E-state index contributed by atoms with van der Waals surface area (Å²) < 4.78 is 24.1. The molecule has 0 aliphatic rings. The first-order valence-electron chi connectivity index (χ1n) is 6.36. The van der Waals surface area contributed by atoms with E-state index in [9.17, 15) is 13.2 Å². The highest BCUT2D eigenvalue weighted by Gasteiger charge is 2.07. The molecule has 1 amide bonds. The molecule has 1 aromatic carbocycles. The molecule has 4 N–H and O–H groups in total. The monoisotopic (exact) mass is 309 g/mol. The lowest BCUT2D eigenvalue weighted by Crippen LogP contribution is -2.34. The van der Waals surface area contributed by atoms with Gasteiger partial charge in [-0.2, -0.15) is 0 Å². The second kappa shape index (κ2) is 7.78. The van der Waals surface area contributed by atoms with Crippen molar-refractivity contribution < 1.29 is 13.2 Å². The minimum absolute atomic E-state index is 0.149. The summed E-state index contributed by atoms with van der Waals surface area (Å²) in [6, 6.07) is 5.20. The molecule has 114 valence electrons. The van der Waals surface area contributed by atoms with E-state index in [2.05, 4.69) is 21.9 Å². The first-order valence-corrected chi connectivity index (χ1v) is 8.25. The van der Waals surface area contributed by atoms with Gasteiger partial charge >= 0.3 is 0 Å². The highest BCUT2D eigenvalue weighted by Crippen LogP contribution is 2.10. The predicted molar refractivity (Wildman–Crippen MR) is 82.3 cm³/mol. The van der Waals surface area contributed by atoms with Crippen LogP contribution in [0.1, 0.15) is 21.5 Å². The maximum atomic E-state index is 11.9. The summed E-state index contributed by atoms with van der Waals surface area (Å²) in [4.78, 5) is 11.9. The van der Waals surface area contributed by atoms with E-state index in [4.69, 9.17) is 5.73 Å². The number of nitrogens with one attached hydrogen (secondary N) is 2. The van der Waals surface area contributed by atoms with Gasteiger partial charge in [0.2, 0.25) is 10.0 Å². The molecule has 0 saturated heterocycles. The maximum absolute atomic E-state index is 11.9. The summed E-state index contributed by atoms with van der Waals surface area (Å²) in [5.41, 5.74) is 7.52. The molecule has 1 aromatic rings. The van der Waals surface area contributed by atoms with Crippen LogP contribution in [0.15, 0.2) is 18.2 Å². The molecule has 0 aliphatic heterocycles. The molecule has 0 radical (unpaired) electrons. The Morgan fingerprint density at radius 2 is 2.05 bits per heavy atom. The second-order valence-electron chi connectivity index (χ2n) is 4.46. The maximum Gasteiger partial charge on any atom is 0.251 e. The van der Waals surface area contributed by atoms with Crippen molar-refractivity contribution in [3.8, 4) is 11.8 Å². The molecule has 0 fully saturated rings. The highest BCUT2D eigenvalue weighted by atomic mass is 32.2. The van der Waals surface area contributed by atoms with E-state index in [1.165, 1.54) is 0 Å². The van der Waals surface area contributed by atoms with E-state index in [-0.39, 0.29) is 25.5 Å². The average Bonchev–Trinajstić information content (AvgIpc) is 2.41. The summed E-state index contributed by atoms with van der Waals surface area (Å²) in [5.74, 6) is 5.38. The van der Waals surface area contributed by atoms with Gasteiger partial charge in [-0.25, -0.2) is 13.1 Å². The Morgan fingerprint density at radius 1 is 1.33 bits per heavy atom. The van der Waals surface area contributed by atoms with Gasteiger partial charge in [0.15, 0.2) is 0 Å². The van der Waals surface area contributed by atoms with Gasteiger partial charge in [0.25, 0.3) is 5.91 Å². The van der Waals surface area contributed by atoms with E-state index in [0.29, 0.717) is 5.56 Å². The normalized spacial score (nSPS) is 10.6. The van der Waals surface area contributed by atoms with E-state index < -0.39 is 10.0 Å². The zero-order valence-corrected chi connectivity index (χ0v) is 12.9. The van der Waals surface area contributed by atoms with Gasteiger partial charge < -0.3 is 11.1 Å². The topological polar surface area (TPSA) is 101 Å². The third-order valence-corrected chi connectivity index (χ3v) is 3.33. The summed E-state index contributed by atoms with van der Waals surface area (Å²) in [6.07, 6.45) is 1.07. The zero-order chi connectivity index (χ0) is 15.9. The Hall–Kier alpha value is -1.88. The number of hydrogen-bond donors (Lipinski definition) is 3. The molecule has 1 rings (SSSR count). The van der Waals surface area contributed by atoms with Crippen LogP contribution in [0.3, 0.4) is 0 Å². The number of rotatable bonds is 5. The van der Waals surface area contributed by atoms with Crippen molar-refractivity contribution in [3.63, 3.8) is 0 Å². The van der Waals surface area contributed by atoms with Gasteiger partial charge in [0.05, 0.1) is 12.8 Å². The Morgan fingerprint density at radius 3 is 2.67 bits per heavy atom. The standard InChI is InChI=1S/C14H19N3O3S/c1-11-5-6-13(10-12(11)4-3-7-15)14(18)16-8-9-17-21(2,19)20/h5-6,10,17H,7-9,15H2,1-2H3,(H,16,18). The summed E-state index contributed by atoms with van der Waals surface area (Å²) in [6.45, 7) is 2.52. The van der Waals surface area contributed by atoms with Gasteiger partial charge in [0, 0.05) is 24.2 Å². The Bertz CT molecular complexity index is 672. The molecule has 21 heavy (non-hydrogen) atoms. The van der Waals surface area contributed by atoms with Gasteiger partial charge in [-0.1, -0.05) is 17.9 Å². The van der Waals surface area contributed by atoms with Crippen LogP contribution in [0.5, 0.6) is 0 Å². The minimum atomic E-state index is -3.24. The lowest BCUT2D eigenvalue weighted by molar-refractivity contribution is 0.0954. The minimum Gasteiger partial charge on any atom is -0.351 e. The van der Waals surface area contributed by atoms with Crippen LogP contribution in [0.2, 0.25) is 0 Å². The molecule has 0 spiro atoms. The summed E-state index contributed by atoms with van der Waals surface area (Å²) in [7, 11) is -3.24. The molecule has 0 saturated carbocycles. The average molecular weight is 309 g/mol. The molecular formula is C14H19N3O3S. The molecule has 0 bridgehead atoms. The molecular weight excluding hydrogens is 290 g/mol. The molecule has 6 nitrogen and oxygen atoms in total. The van der Waals surface area contributed by atoms with E-state index >= 15 is 0 Å². The summed E-state index contributed by atoms with van der Waals surface area (Å²) in [5, 5.41) is 2.64. The van der Waals surface area contributed by atoms with Crippen LogP contribution in [0.4, 0.5) is 0 Å². The van der Waals surface area contributed by atoms with Crippen molar-refractivity contribution in [1.82, 2.24) is 10.0 Å². The molecule has 7 heteroatoms. The van der Waals surface area contributed by atoms with Gasteiger partial charge in [-0.15, -0.1) is 0 Å². The smallest absolute Gasteiger partial charge is 0.251 e. The van der Waals surface area contributed by atoms with E-state index in [1.54, 1.807) is 12.1 Å². The molecule has 0 unspecified atom stereocenters. The van der Waals surface area contributed by atoms with E-state index in [1.807, 2.05) is 13.0 Å². The van der Waals surface area contributed by atoms with Crippen molar-refractivity contribution in [2.45, 2.75) is 6.92 Å². The van der Waals surface area contributed by atoms with Crippen LogP contribution in [-0.2, 0) is 10.0 Å². The number of carbonyl (C=O) groups excluding carboxylic acids is 1. The van der Waals surface area contributed by atoms with Crippen LogP contribution in [0, 0.1) is 18.8 Å². The second-order valence-corrected chi connectivity index (χ2v) is 6.29. The van der Waals surface area contributed by atoms with Crippen LogP contribution >= 0.6 is 0 Å². The Labute approximate surface area is 125 Å². The van der Waals surface area contributed by atoms with Crippen LogP contribution in [0.25, 0.3) is 0 Å².